The van der Waals surface area contributed by atoms with E-state index in [0.717, 1.165) is 22.6 Å². The first-order valence-electron chi connectivity index (χ1n) is 10.1. The van der Waals surface area contributed by atoms with Crippen LogP contribution in [0.5, 0.6) is 5.75 Å². The molecule has 33 heavy (non-hydrogen) atoms. The van der Waals surface area contributed by atoms with Gasteiger partial charge in [-0.25, -0.2) is 13.7 Å². The first-order valence-corrected chi connectivity index (χ1v) is 10.5. The average molecular weight is 469 g/mol. The highest BCUT2D eigenvalue weighted by Crippen LogP contribution is 2.35. The van der Waals surface area contributed by atoms with Gasteiger partial charge < -0.3 is 10.1 Å². The van der Waals surface area contributed by atoms with Crippen LogP contribution in [0.1, 0.15) is 18.1 Å². The Morgan fingerprint density at radius 2 is 1.67 bits per heavy atom. The number of halogens is 3. The Balaban J connectivity index is 1.83. The van der Waals surface area contributed by atoms with Gasteiger partial charge in [0.15, 0.2) is 11.6 Å². The summed E-state index contributed by atoms with van der Waals surface area (Å²) in [5, 5.41) is 3.47. The molecule has 1 aliphatic rings. The number of benzene rings is 3. The Hall–Kier alpha value is -3.71. The minimum absolute atomic E-state index is 0.000685. The Kier molecular flexibility index (Phi) is 6.16. The lowest BCUT2D eigenvalue weighted by Crippen LogP contribution is -2.32. The van der Waals surface area contributed by atoms with Crippen LogP contribution >= 0.6 is 11.6 Å². The first-order chi connectivity index (χ1) is 15.8. The largest absolute Gasteiger partial charge is 0.494 e. The SMILES string of the molecule is CCOc1ccc(C2=C(Nc3cc(Cl)ccc3C)C(=O)N(c3ccc(F)c(F)c3)C2=O)cc1. The fourth-order valence-electron chi connectivity index (χ4n) is 3.52. The van der Waals surface area contributed by atoms with Crippen molar-refractivity contribution in [1.29, 1.82) is 0 Å². The second kappa shape index (κ2) is 9.03. The number of anilines is 2. The number of hydrogen-bond acceptors (Lipinski definition) is 4. The average Bonchev–Trinajstić information content (AvgIpc) is 3.03. The molecule has 5 nitrogen and oxygen atoms in total. The number of rotatable bonds is 6. The van der Waals surface area contributed by atoms with Crippen molar-refractivity contribution in [3.8, 4) is 5.75 Å². The molecular weight excluding hydrogens is 450 g/mol. The Morgan fingerprint density at radius 1 is 0.939 bits per heavy atom. The highest BCUT2D eigenvalue weighted by atomic mass is 35.5. The molecule has 3 aromatic carbocycles. The number of ether oxygens (including phenoxy) is 1. The number of carbonyl (C=O) groups excluding carboxylic acids is 2. The molecule has 0 aromatic heterocycles. The number of nitrogens with one attached hydrogen (secondary N) is 1. The van der Waals surface area contributed by atoms with Gasteiger partial charge in [-0.05, 0) is 61.4 Å². The van der Waals surface area contributed by atoms with Gasteiger partial charge in [-0.2, -0.15) is 0 Å². The summed E-state index contributed by atoms with van der Waals surface area (Å²) in [5.41, 5.74) is 1.81. The fourth-order valence-corrected chi connectivity index (χ4v) is 3.69. The van der Waals surface area contributed by atoms with Gasteiger partial charge in [-0.15, -0.1) is 0 Å². The van der Waals surface area contributed by atoms with Crippen molar-refractivity contribution in [1.82, 2.24) is 0 Å². The maximum Gasteiger partial charge on any atom is 0.282 e. The standard InChI is InChI=1S/C25H19ClF2N2O3/c1-3-33-18-9-5-15(6-10-18)22-23(29-21-12-16(26)7-4-14(21)2)25(32)30(24(22)31)17-8-11-19(27)20(28)13-17/h4-13,29H,3H2,1-2H3. The molecule has 1 aliphatic heterocycles. The van der Waals surface area contributed by atoms with E-state index in [0.29, 0.717) is 28.6 Å². The summed E-state index contributed by atoms with van der Waals surface area (Å²) in [6.07, 6.45) is 0. The van der Waals surface area contributed by atoms with Crippen LogP contribution in [0, 0.1) is 18.6 Å². The van der Waals surface area contributed by atoms with E-state index in [2.05, 4.69) is 5.32 Å². The minimum Gasteiger partial charge on any atom is -0.494 e. The van der Waals surface area contributed by atoms with Crippen molar-refractivity contribution in [2.75, 3.05) is 16.8 Å². The van der Waals surface area contributed by atoms with E-state index in [-0.39, 0.29) is 17.0 Å². The van der Waals surface area contributed by atoms with Crippen molar-refractivity contribution in [3.05, 3.63) is 94.1 Å². The summed E-state index contributed by atoms with van der Waals surface area (Å²) in [4.78, 5) is 27.6. The number of nitrogens with zero attached hydrogens (tertiary/aromatic N) is 1. The molecule has 0 aliphatic carbocycles. The van der Waals surface area contributed by atoms with Crippen LogP contribution in [-0.2, 0) is 9.59 Å². The highest BCUT2D eigenvalue weighted by molar-refractivity contribution is 6.46. The lowest BCUT2D eigenvalue weighted by molar-refractivity contribution is -0.120. The summed E-state index contributed by atoms with van der Waals surface area (Å²) in [7, 11) is 0. The molecule has 0 bridgehead atoms. The summed E-state index contributed by atoms with van der Waals surface area (Å²) in [6.45, 7) is 4.15. The predicted octanol–water partition coefficient (Wildman–Crippen LogP) is 5.72. The fraction of sp³-hybridized carbons (Fsp3) is 0.120. The molecule has 0 fully saturated rings. The van der Waals surface area contributed by atoms with Gasteiger partial charge in [0.2, 0.25) is 0 Å². The second-order valence-electron chi connectivity index (χ2n) is 7.34. The first kappa shape index (κ1) is 22.5. The van der Waals surface area contributed by atoms with Crippen LogP contribution in [0.4, 0.5) is 20.2 Å². The minimum atomic E-state index is -1.16. The van der Waals surface area contributed by atoms with Crippen LogP contribution in [-0.4, -0.2) is 18.4 Å². The lowest BCUT2D eigenvalue weighted by Gasteiger charge is -2.16. The molecule has 168 valence electrons. The van der Waals surface area contributed by atoms with E-state index in [4.69, 9.17) is 16.3 Å². The lowest BCUT2D eigenvalue weighted by atomic mass is 10.0. The topological polar surface area (TPSA) is 58.6 Å². The molecule has 0 radical (unpaired) electrons. The zero-order valence-corrected chi connectivity index (χ0v) is 18.5. The van der Waals surface area contributed by atoms with Crippen LogP contribution in [0.15, 0.2) is 66.4 Å². The second-order valence-corrected chi connectivity index (χ2v) is 7.77. The zero-order valence-electron chi connectivity index (χ0n) is 17.8. The van der Waals surface area contributed by atoms with Crippen LogP contribution < -0.4 is 15.0 Å². The van der Waals surface area contributed by atoms with E-state index in [1.165, 1.54) is 6.07 Å². The predicted molar refractivity (Wildman–Crippen MR) is 123 cm³/mol. The molecule has 4 rings (SSSR count). The van der Waals surface area contributed by atoms with Gasteiger partial charge in [0.25, 0.3) is 11.8 Å². The number of aryl methyl sites for hydroxylation is 1. The van der Waals surface area contributed by atoms with Gasteiger partial charge in [-0.3, -0.25) is 9.59 Å². The van der Waals surface area contributed by atoms with Crippen LogP contribution in [0.3, 0.4) is 0 Å². The summed E-state index contributed by atoms with van der Waals surface area (Å²) < 4.78 is 32.8. The molecule has 0 unspecified atom stereocenters. The third-order valence-electron chi connectivity index (χ3n) is 5.16. The maximum absolute atomic E-state index is 13.9. The summed E-state index contributed by atoms with van der Waals surface area (Å²) in [5.74, 6) is -3.00. The Labute approximate surface area is 194 Å². The third-order valence-corrected chi connectivity index (χ3v) is 5.39. The molecule has 1 heterocycles. The molecule has 0 saturated carbocycles. The van der Waals surface area contributed by atoms with Crippen molar-refractivity contribution >= 4 is 40.4 Å². The van der Waals surface area contributed by atoms with Gasteiger partial charge in [-0.1, -0.05) is 29.8 Å². The van der Waals surface area contributed by atoms with Crippen LogP contribution in [0.2, 0.25) is 5.02 Å². The molecular formula is C25H19ClF2N2O3. The molecule has 2 amide bonds. The van der Waals surface area contributed by atoms with Crippen molar-refractivity contribution < 1.29 is 23.1 Å². The number of amides is 2. The van der Waals surface area contributed by atoms with Crippen molar-refractivity contribution in [3.63, 3.8) is 0 Å². The van der Waals surface area contributed by atoms with E-state index in [1.807, 2.05) is 13.8 Å². The third kappa shape index (κ3) is 4.32. The van der Waals surface area contributed by atoms with Gasteiger partial charge in [0.05, 0.1) is 17.9 Å². The van der Waals surface area contributed by atoms with E-state index >= 15 is 0 Å². The van der Waals surface area contributed by atoms with E-state index < -0.39 is 23.4 Å². The number of imide groups is 1. The molecule has 0 atom stereocenters. The molecule has 0 saturated heterocycles. The number of carbonyl (C=O) groups is 2. The quantitative estimate of drug-likeness (QED) is 0.470. The van der Waals surface area contributed by atoms with Gasteiger partial charge >= 0.3 is 0 Å². The summed E-state index contributed by atoms with van der Waals surface area (Å²) >= 11 is 6.12. The molecule has 8 heteroatoms. The highest BCUT2D eigenvalue weighted by Gasteiger charge is 2.40. The smallest absolute Gasteiger partial charge is 0.282 e. The normalized spacial score (nSPS) is 13.7. The molecule has 3 aromatic rings. The van der Waals surface area contributed by atoms with Gasteiger partial charge in [0.1, 0.15) is 11.4 Å². The van der Waals surface area contributed by atoms with Crippen molar-refractivity contribution in [2.45, 2.75) is 13.8 Å². The monoisotopic (exact) mass is 468 g/mol. The zero-order chi connectivity index (χ0) is 23.7. The van der Waals surface area contributed by atoms with Gasteiger partial charge in [0, 0.05) is 16.8 Å². The van der Waals surface area contributed by atoms with E-state index in [9.17, 15) is 18.4 Å². The Morgan fingerprint density at radius 3 is 2.33 bits per heavy atom. The molecule has 0 spiro atoms. The van der Waals surface area contributed by atoms with Crippen LogP contribution in [0.25, 0.3) is 5.57 Å². The van der Waals surface area contributed by atoms with Crippen molar-refractivity contribution in [2.24, 2.45) is 0 Å². The maximum atomic E-state index is 13.9. The number of hydrogen-bond donors (Lipinski definition) is 1. The summed E-state index contributed by atoms with van der Waals surface area (Å²) in [6, 6.07) is 14.7. The Bertz CT molecular complexity index is 1290. The van der Waals surface area contributed by atoms with E-state index in [1.54, 1.807) is 42.5 Å². The molecule has 1 N–H and O–H groups in total.